The van der Waals surface area contributed by atoms with E-state index >= 15 is 0 Å². The molecule has 55 heteroatoms. The molecule has 0 saturated carbocycles. The van der Waals surface area contributed by atoms with Gasteiger partial charge in [0.25, 0.3) is 20.2 Å². The number of urea groups is 1. The number of nitrogens with zero attached hydrogens (tertiary/aromatic N) is 11. The molecular weight excluding hydrogens is 1600 g/mol. The number of benzene rings is 5. The number of fused-ring (bicyclic) bond motifs is 1. The fraction of sp³-hybridized carbons (Fsp3) is 0.167. The molecule has 2 unspecified atom stereocenters. The number of rotatable bonds is 36. The van der Waals surface area contributed by atoms with Crippen LogP contribution >= 0.6 is 58.8 Å². The SMILES string of the molecule is NC(=O)Nc1cc(Nc2nc(SCC(Nc3nc(Cl)nc(Nc4ccc(S(=O)(=O)CCOS(=O)(=O)O)cc4)n3)C(=O)O)nc(SCC(Nc3nc(Cl)nc(Nc4ccc(S(=O)(=O)CCOS(=O)(=O)O)cc4)n3)C(=O)O)n2)ccc1N=Nc1cc2c(S(=O)(=O)O)cc(SOOO)cc2cc1S(=O)(=O)O. The first-order valence-corrected chi connectivity index (χ1v) is 39.4. The largest absolute Gasteiger partial charge is 0.480 e. The van der Waals surface area contributed by atoms with Gasteiger partial charge < -0.3 is 47.8 Å². The van der Waals surface area contributed by atoms with E-state index in [1.165, 1.54) is 30.3 Å². The highest BCUT2D eigenvalue weighted by atomic mass is 35.5. The Kier molecular flexibility index (Phi) is 26.2. The van der Waals surface area contributed by atoms with Gasteiger partial charge in [0, 0.05) is 38.8 Å². The highest BCUT2D eigenvalue weighted by Gasteiger charge is 2.27. The Morgan fingerprint density at radius 3 is 1.40 bits per heavy atom. The first-order chi connectivity index (χ1) is 48.2. The van der Waals surface area contributed by atoms with Crippen molar-refractivity contribution in [2.45, 2.75) is 46.9 Å². The van der Waals surface area contributed by atoms with Gasteiger partial charge in [-0.2, -0.15) is 78.5 Å². The zero-order valence-electron chi connectivity index (χ0n) is 50.4. The molecule has 8 aromatic rings. The van der Waals surface area contributed by atoms with E-state index in [2.05, 4.69) is 105 Å². The number of sulfone groups is 2. The van der Waals surface area contributed by atoms with Crippen molar-refractivity contribution in [3.63, 3.8) is 0 Å². The summed E-state index contributed by atoms with van der Waals surface area (Å²) in [6.07, 6.45) is 0. The van der Waals surface area contributed by atoms with E-state index in [0.717, 1.165) is 60.7 Å². The number of amides is 2. The van der Waals surface area contributed by atoms with Crippen LogP contribution in [0.2, 0.25) is 10.6 Å². The number of carbonyl (C=O) groups is 3. The molecule has 5 aromatic carbocycles. The molecule has 0 spiro atoms. The minimum absolute atomic E-state index is 0.0238. The summed E-state index contributed by atoms with van der Waals surface area (Å²) in [5, 5.41) is 54.5. The number of carbonyl (C=O) groups excluding carboxylic acids is 1. The van der Waals surface area contributed by atoms with Crippen LogP contribution in [-0.4, -0.2) is 195 Å². The van der Waals surface area contributed by atoms with Crippen LogP contribution in [0.5, 0.6) is 0 Å². The molecule has 0 fully saturated rings. The van der Waals surface area contributed by atoms with Crippen molar-refractivity contribution in [3.8, 4) is 0 Å². The number of hydrogen-bond acceptors (Lipinski definition) is 39. The van der Waals surface area contributed by atoms with Crippen molar-refractivity contribution < 1.29 is 116 Å². The third-order valence-corrected chi connectivity index (χ3v) is 21.2. The number of thioether (sulfide) groups is 2. The van der Waals surface area contributed by atoms with Crippen molar-refractivity contribution in [2.75, 3.05) is 68.1 Å². The second-order valence-corrected chi connectivity index (χ2v) is 32.1. The van der Waals surface area contributed by atoms with Gasteiger partial charge in [0.15, 0.2) is 30.0 Å². The summed E-state index contributed by atoms with van der Waals surface area (Å²) in [7, 11) is -28.4. The molecule has 0 bridgehead atoms. The Bertz CT molecular complexity index is 5120. The smallest absolute Gasteiger partial charge is 0.397 e. The fourth-order valence-electron chi connectivity index (χ4n) is 8.01. The first-order valence-electron chi connectivity index (χ1n) is 27.1. The summed E-state index contributed by atoms with van der Waals surface area (Å²) in [4.78, 5) is 72.8. The van der Waals surface area contributed by atoms with Crippen molar-refractivity contribution in [1.29, 1.82) is 0 Å². The Balaban J connectivity index is 1.07. The second kappa shape index (κ2) is 33.7. The third-order valence-electron chi connectivity index (χ3n) is 12.3. The molecule has 0 aliphatic carbocycles. The maximum Gasteiger partial charge on any atom is 0.397 e. The molecule has 2 atom stereocenters. The summed E-state index contributed by atoms with van der Waals surface area (Å²) in [6.45, 7) is -1.78. The Labute approximate surface area is 601 Å². The van der Waals surface area contributed by atoms with Crippen molar-refractivity contribution in [1.82, 2.24) is 44.9 Å². The lowest BCUT2D eigenvalue weighted by atomic mass is 10.1. The van der Waals surface area contributed by atoms with Crippen LogP contribution in [0, 0.1) is 0 Å². The number of carboxylic acids is 2. The van der Waals surface area contributed by atoms with Crippen LogP contribution in [-0.2, 0) is 88.0 Å². The molecule has 0 saturated heterocycles. The number of anilines is 9. The second-order valence-electron chi connectivity index (χ2n) is 19.5. The molecular formula is C48H44Cl2N18O26S9. The van der Waals surface area contributed by atoms with Gasteiger partial charge in [0.2, 0.25) is 40.3 Å². The maximum absolute atomic E-state index is 12.8. The molecule has 0 aliphatic rings. The van der Waals surface area contributed by atoms with E-state index in [1.54, 1.807) is 0 Å². The molecule has 44 nitrogen and oxygen atoms in total. The number of azo groups is 1. The standard InChI is InChI=1S/C48H44Cl2N18O26S9/c49-39-58-42(52-23-1-6-27(7-2-23)98(75,76)13-11-91-102(85,86)87)62-45(60-39)56-33(37(69)70)20-95-47-64-44(65-48(66-47)96-21-34(38(71)72)57-46-61-40(50)59-43(63-46)53-24-3-8-28(9-4-24)99(77,78)14-12-92-103(88,89)90)54-25-5-10-30(31(17-25)55-41(51)73)67-68-32-19-29-22(16-36(32)101(82,83)84)15-26(97-94-93-74)18-35(29)100(79,80)81/h1-10,15-19,33-34,74H,11-14,20-21H2,(H,69,70)(H,71,72)(H3,51,55,73)(H,79,80,81)(H,82,83,84)(H,85,86,87)(H,88,89,90)(H,54,64,65,66)(H2,52,56,58,60,62)(H2,53,57,59,61,63). The summed E-state index contributed by atoms with van der Waals surface area (Å²) in [5.41, 5.74) is 4.47. The molecule has 3 heterocycles. The Morgan fingerprint density at radius 2 is 0.961 bits per heavy atom. The van der Waals surface area contributed by atoms with E-state index < -0.39 is 165 Å². The number of halogens is 2. The highest BCUT2D eigenvalue weighted by Crippen LogP contribution is 2.39. The van der Waals surface area contributed by atoms with Crippen LogP contribution < -0.4 is 37.6 Å². The normalized spacial score (nSPS) is 12.9. The molecule has 2 amide bonds. The fourth-order valence-corrected chi connectivity index (χ4v) is 15.0. The number of primary amides is 1. The number of aliphatic carboxylic acids is 2. The summed E-state index contributed by atoms with van der Waals surface area (Å²) >= 11 is 14.0. The molecule has 103 heavy (non-hydrogen) atoms. The molecule has 8 rings (SSSR count). The van der Waals surface area contributed by atoms with Crippen molar-refractivity contribution in [2.24, 2.45) is 16.0 Å². The van der Waals surface area contributed by atoms with E-state index in [9.17, 15) is 84.2 Å². The van der Waals surface area contributed by atoms with Gasteiger partial charge in [0.05, 0.1) is 52.2 Å². The van der Waals surface area contributed by atoms with E-state index in [1.807, 2.05) is 0 Å². The summed E-state index contributed by atoms with van der Waals surface area (Å²) < 4.78 is 195. The number of carboxylic acid groups (broad SMARTS) is 2. The van der Waals surface area contributed by atoms with E-state index in [4.69, 9.17) is 43.3 Å². The predicted octanol–water partition coefficient (Wildman–Crippen LogP) is 5.26. The highest BCUT2D eigenvalue weighted by molar-refractivity contribution is 8.00. The van der Waals surface area contributed by atoms with Crippen LogP contribution in [0.1, 0.15) is 0 Å². The molecule has 15 N–H and O–H groups in total. The van der Waals surface area contributed by atoms with Gasteiger partial charge >= 0.3 is 38.8 Å². The quantitative estimate of drug-likeness (QED) is 0.00594. The first kappa shape index (κ1) is 79.9. The number of hydrogen-bond donors (Lipinski definition) is 14. The van der Waals surface area contributed by atoms with Crippen LogP contribution in [0.4, 0.5) is 68.7 Å². The third kappa shape index (κ3) is 24.1. The van der Waals surface area contributed by atoms with Gasteiger partial charge in [-0.25, -0.2) is 44.8 Å². The lowest BCUT2D eigenvalue weighted by molar-refractivity contribution is -0.432. The average molecular weight is 1650 g/mol. The average Bonchev–Trinajstić information content (AvgIpc) is 0.759. The maximum atomic E-state index is 12.8. The lowest BCUT2D eigenvalue weighted by Crippen LogP contribution is -2.33. The Morgan fingerprint density at radius 1 is 0.524 bits per heavy atom. The van der Waals surface area contributed by atoms with Gasteiger partial charge in [0.1, 0.15) is 33.2 Å². The van der Waals surface area contributed by atoms with Gasteiger partial charge in [-0.15, -0.1) is 14.6 Å². The van der Waals surface area contributed by atoms with Crippen LogP contribution in [0.15, 0.2) is 136 Å². The topological polar surface area (TPSA) is 674 Å². The number of aromatic nitrogens is 9. The summed E-state index contributed by atoms with van der Waals surface area (Å²) in [6, 6.07) is 12.2. The number of nitrogens with one attached hydrogen (secondary N) is 6. The van der Waals surface area contributed by atoms with Crippen molar-refractivity contribution in [3.05, 3.63) is 102 Å². The molecule has 3 aromatic heterocycles. The van der Waals surface area contributed by atoms with Gasteiger partial charge in [-0.1, -0.05) is 28.6 Å². The zero-order valence-corrected chi connectivity index (χ0v) is 59.2. The van der Waals surface area contributed by atoms with Gasteiger partial charge in [-0.3, -0.25) is 18.2 Å². The van der Waals surface area contributed by atoms with Crippen molar-refractivity contribution >= 4 is 212 Å². The zero-order chi connectivity index (χ0) is 75.4. The number of nitrogens with two attached hydrogens (primary N) is 1. The minimum atomic E-state index is -5.23. The molecule has 0 aliphatic heterocycles. The molecule has 550 valence electrons. The van der Waals surface area contributed by atoms with Crippen LogP contribution in [0.25, 0.3) is 10.8 Å². The monoisotopic (exact) mass is 1650 g/mol. The predicted molar refractivity (Wildman–Crippen MR) is 361 cm³/mol. The van der Waals surface area contributed by atoms with Gasteiger partial charge in [-0.05, 0) is 120 Å². The Hall–Kier alpha value is -8.83. The summed E-state index contributed by atoms with van der Waals surface area (Å²) in [5.74, 6) is -7.45. The van der Waals surface area contributed by atoms with E-state index in [-0.39, 0.29) is 94.1 Å². The van der Waals surface area contributed by atoms with E-state index in [0.29, 0.717) is 23.5 Å². The van der Waals surface area contributed by atoms with Crippen LogP contribution in [0.3, 0.4) is 0 Å². The molecule has 0 radical (unpaired) electrons. The minimum Gasteiger partial charge on any atom is -0.480 e. The lowest BCUT2D eigenvalue weighted by Gasteiger charge is -2.16.